The summed E-state index contributed by atoms with van der Waals surface area (Å²) in [5.41, 5.74) is -0.216. The lowest BCUT2D eigenvalue weighted by Gasteiger charge is -2.30. The van der Waals surface area contributed by atoms with Crippen molar-refractivity contribution < 1.29 is 32.3 Å². The maximum absolute atomic E-state index is 13.9. The Labute approximate surface area is 222 Å². The van der Waals surface area contributed by atoms with Crippen molar-refractivity contribution in [1.82, 2.24) is 15.0 Å². The van der Waals surface area contributed by atoms with Crippen molar-refractivity contribution in [3.63, 3.8) is 0 Å². The van der Waals surface area contributed by atoms with E-state index in [-0.39, 0.29) is 17.7 Å². The third kappa shape index (κ3) is 7.94. The van der Waals surface area contributed by atoms with Gasteiger partial charge in [-0.25, -0.2) is 8.78 Å². The molecule has 38 heavy (non-hydrogen) atoms. The van der Waals surface area contributed by atoms with E-state index in [1.165, 1.54) is 6.42 Å². The Balaban J connectivity index is 0.000000417. The highest BCUT2D eigenvalue weighted by atomic mass is 19.1. The molecule has 0 spiro atoms. The first-order chi connectivity index (χ1) is 18.5. The number of carbonyl (C=O) groups excluding carboxylic acids is 1. The molecule has 2 saturated heterocycles. The van der Waals surface area contributed by atoms with Gasteiger partial charge in [-0.15, -0.1) is 0 Å². The standard InChI is InChI=1S/C22H27F2N3O4.C5H11NO/c1-29-13-21-25-22(31-26-21)27-6-2-14(3-7-27)18-10-15(18)5-9-30-16-11-19(23)17(4-8-28)20(24)12-16;1-6-2-4-7-5-3-6/h8,11-12,14-15,18H,2-7,9-10,13H2,1H3;2-5H2,1H3. The maximum atomic E-state index is 13.9. The van der Waals surface area contributed by atoms with Gasteiger partial charge in [0.25, 0.3) is 0 Å². The average Bonchev–Trinajstić information content (AvgIpc) is 3.54. The molecule has 0 radical (unpaired) electrons. The van der Waals surface area contributed by atoms with E-state index < -0.39 is 11.6 Å². The number of anilines is 1. The summed E-state index contributed by atoms with van der Waals surface area (Å²) >= 11 is 0. The number of piperidine rings is 1. The molecule has 1 saturated carbocycles. The number of hydrogen-bond acceptors (Lipinski definition) is 9. The molecule has 2 aliphatic heterocycles. The molecule has 1 aromatic carbocycles. The van der Waals surface area contributed by atoms with Crippen LogP contribution in [0.15, 0.2) is 16.7 Å². The van der Waals surface area contributed by atoms with Crippen LogP contribution in [0.4, 0.5) is 14.8 Å². The zero-order valence-corrected chi connectivity index (χ0v) is 22.2. The van der Waals surface area contributed by atoms with Crippen molar-refractivity contribution in [3.05, 3.63) is 35.2 Å². The highest BCUT2D eigenvalue weighted by molar-refractivity contribution is 5.55. The smallest absolute Gasteiger partial charge is 0.324 e. The number of hydrogen-bond donors (Lipinski definition) is 0. The second kappa shape index (κ2) is 14.0. The summed E-state index contributed by atoms with van der Waals surface area (Å²) in [5.74, 6) is 1.18. The van der Waals surface area contributed by atoms with Crippen molar-refractivity contribution in [3.8, 4) is 5.75 Å². The van der Waals surface area contributed by atoms with Gasteiger partial charge in [-0.05, 0) is 50.5 Å². The minimum Gasteiger partial charge on any atom is -0.493 e. The first-order valence-electron chi connectivity index (χ1n) is 13.4. The number of benzene rings is 1. The molecule has 1 aliphatic carbocycles. The molecule has 0 amide bonds. The van der Waals surface area contributed by atoms with E-state index in [1.54, 1.807) is 7.11 Å². The molecule has 210 valence electrons. The zero-order valence-electron chi connectivity index (χ0n) is 22.2. The number of aldehydes is 1. The second-order valence-corrected chi connectivity index (χ2v) is 10.2. The number of nitrogens with zero attached hydrogens (tertiary/aromatic N) is 4. The number of carbonyl (C=O) groups is 1. The summed E-state index contributed by atoms with van der Waals surface area (Å²) in [6.45, 7) is 6.58. The molecule has 0 N–H and O–H groups in total. The van der Waals surface area contributed by atoms with E-state index in [4.69, 9.17) is 18.7 Å². The molecular formula is C27H38F2N4O5. The van der Waals surface area contributed by atoms with Crippen molar-refractivity contribution in [2.75, 3.05) is 65.1 Å². The number of ether oxygens (including phenoxy) is 3. The quantitative estimate of drug-likeness (QED) is 0.423. The van der Waals surface area contributed by atoms with E-state index in [9.17, 15) is 13.6 Å². The molecule has 2 aromatic rings. The highest BCUT2D eigenvalue weighted by Gasteiger charge is 2.43. The normalized spacial score (nSPS) is 22.1. The van der Waals surface area contributed by atoms with E-state index in [0.29, 0.717) is 49.1 Å². The molecule has 2 atom stereocenters. The molecule has 3 heterocycles. The number of likely N-dealkylation sites (N-methyl/N-ethyl adjacent to an activating group) is 1. The van der Waals surface area contributed by atoms with Gasteiger partial charge in [-0.2, -0.15) is 4.98 Å². The Hall–Kier alpha value is -2.63. The Morgan fingerprint density at radius 2 is 1.84 bits per heavy atom. The van der Waals surface area contributed by atoms with E-state index in [1.807, 2.05) is 0 Å². The monoisotopic (exact) mass is 536 g/mol. The lowest BCUT2D eigenvalue weighted by Crippen LogP contribution is -2.34. The SMILES string of the molecule is CN1CCOCC1.COCc1noc(N2CCC(C3CC3CCOc3cc(F)c(CC=O)c(F)c3)CC2)n1. The van der Waals surface area contributed by atoms with Crippen LogP contribution >= 0.6 is 0 Å². The Kier molecular flexibility index (Phi) is 10.4. The lowest BCUT2D eigenvalue weighted by atomic mass is 9.90. The third-order valence-electron chi connectivity index (χ3n) is 7.52. The van der Waals surface area contributed by atoms with Gasteiger partial charge in [0.15, 0.2) is 5.82 Å². The van der Waals surface area contributed by atoms with Gasteiger partial charge in [-0.3, -0.25) is 0 Å². The molecule has 1 aromatic heterocycles. The Morgan fingerprint density at radius 1 is 1.13 bits per heavy atom. The molecule has 3 fully saturated rings. The first kappa shape index (κ1) is 28.4. The van der Waals surface area contributed by atoms with Gasteiger partial charge in [0, 0.05) is 57.4 Å². The summed E-state index contributed by atoms with van der Waals surface area (Å²) in [7, 11) is 3.71. The molecule has 5 rings (SSSR count). The first-order valence-corrected chi connectivity index (χ1v) is 13.4. The largest absolute Gasteiger partial charge is 0.493 e. The van der Waals surface area contributed by atoms with Crippen LogP contribution in [0, 0.1) is 29.4 Å². The predicted molar refractivity (Wildman–Crippen MR) is 136 cm³/mol. The fraction of sp³-hybridized carbons (Fsp3) is 0.667. The van der Waals surface area contributed by atoms with Gasteiger partial charge in [0.2, 0.25) is 0 Å². The summed E-state index contributed by atoms with van der Waals surface area (Å²) in [6.07, 6.45) is 4.42. The van der Waals surface area contributed by atoms with Crippen LogP contribution < -0.4 is 9.64 Å². The fourth-order valence-corrected chi connectivity index (χ4v) is 5.18. The summed E-state index contributed by atoms with van der Waals surface area (Å²) in [6, 6.07) is 2.86. The topological polar surface area (TPSA) is 90.2 Å². The van der Waals surface area contributed by atoms with E-state index in [0.717, 1.165) is 70.8 Å². The van der Waals surface area contributed by atoms with Crippen molar-refractivity contribution >= 4 is 12.3 Å². The van der Waals surface area contributed by atoms with Crippen LogP contribution in [0.1, 0.15) is 37.1 Å². The molecule has 9 nitrogen and oxygen atoms in total. The van der Waals surface area contributed by atoms with Gasteiger partial charge in [-0.1, -0.05) is 5.16 Å². The molecule has 2 unspecified atom stereocenters. The molecular weight excluding hydrogens is 498 g/mol. The zero-order chi connectivity index (χ0) is 26.9. The number of rotatable bonds is 10. The second-order valence-electron chi connectivity index (χ2n) is 10.2. The van der Waals surface area contributed by atoms with Crippen molar-refractivity contribution in [1.29, 1.82) is 0 Å². The lowest BCUT2D eigenvalue weighted by molar-refractivity contribution is -0.107. The van der Waals surface area contributed by atoms with Crippen molar-refractivity contribution in [2.45, 2.75) is 38.7 Å². The summed E-state index contributed by atoms with van der Waals surface area (Å²) in [4.78, 5) is 19.3. The number of halogens is 2. The van der Waals surface area contributed by atoms with Gasteiger partial charge < -0.3 is 33.3 Å². The van der Waals surface area contributed by atoms with Crippen LogP contribution in [-0.2, 0) is 27.3 Å². The predicted octanol–water partition coefficient (Wildman–Crippen LogP) is 3.51. The van der Waals surface area contributed by atoms with E-state index >= 15 is 0 Å². The van der Waals surface area contributed by atoms with Crippen LogP contribution in [0.3, 0.4) is 0 Å². The summed E-state index contributed by atoms with van der Waals surface area (Å²) < 4.78 is 48.8. The molecule has 3 aliphatic rings. The third-order valence-corrected chi connectivity index (χ3v) is 7.52. The minimum atomic E-state index is -0.742. The number of aromatic nitrogens is 2. The van der Waals surface area contributed by atoms with Crippen LogP contribution in [0.5, 0.6) is 5.75 Å². The number of methoxy groups -OCH3 is 1. The van der Waals surface area contributed by atoms with Crippen molar-refractivity contribution in [2.24, 2.45) is 17.8 Å². The van der Waals surface area contributed by atoms with E-state index in [2.05, 4.69) is 27.0 Å². The minimum absolute atomic E-state index is 0.169. The highest BCUT2D eigenvalue weighted by Crippen LogP contribution is 2.50. The maximum Gasteiger partial charge on any atom is 0.324 e. The average molecular weight is 537 g/mol. The Morgan fingerprint density at radius 3 is 2.45 bits per heavy atom. The molecule has 11 heteroatoms. The summed E-state index contributed by atoms with van der Waals surface area (Å²) in [5, 5.41) is 3.91. The fourth-order valence-electron chi connectivity index (χ4n) is 5.18. The number of morpholine rings is 1. The molecule has 0 bridgehead atoms. The Bertz CT molecular complexity index is 1000. The van der Waals surface area contributed by atoms with Gasteiger partial charge in [0.05, 0.1) is 19.8 Å². The van der Waals surface area contributed by atoms with Gasteiger partial charge in [0.1, 0.15) is 30.3 Å². The van der Waals surface area contributed by atoms with Crippen LogP contribution in [0.2, 0.25) is 0 Å². The van der Waals surface area contributed by atoms with Crippen LogP contribution in [0.25, 0.3) is 0 Å². The van der Waals surface area contributed by atoms with Crippen LogP contribution in [-0.4, -0.2) is 81.5 Å². The van der Waals surface area contributed by atoms with Gasteiger partial charge >= 0.3 is 6.01 Å².